The maximum atomic E-state index is 16.6. The lowest BCUT2D eigenvalue weighted by Crippen LogP contribution is -2.55. The first-order valence-corrected chi connectivity index (χ1v) is 14.2. The second-order valence-electron chi connectivity index (χ2n) is 11.1. The van der Waals surface area contributed by atoms with E-state index >= 15 is 8.78 Å². The first-order valence-electron chi connectivity index (χ1n) is 14.2. The highest BCUT2D eigenvalue weighted by molar-refractivity contribution is 6.07. The predicted octanol–water partition coefficient (Wildman–Crippen LogP) is 4.55. The van der Waals surface area contributed by atoms with Gasteiger partial charge in [-0.2, -0.15) is 13.2 Å². The fourth-order valence-corrected chi connectivity index (χ4v) is 5.62. The van der Waals surface area contributed by atoms with Crippen LogP contribution in [0, 0.1) is 11.6 Å². The zero-order valence-electron chi connectivity index (χ0n) is 25.0. The van der Waals surface area contributed by atoms with E-state index in [9.17, 15) is 22.8 Å². The van der Waals surface area contributed by atoms with Gasteiger partial charge in [0.2, 0.25) is 11.5 Å². The SMILES string of the molecule is COc1cnc(N2CCC=C(c3c(F)cc(N4C[C@@H](C)N(C)[C@@H](C)C4)c(NC(=O)c4c[nH]c(=O)cc4C(F)(F)F)c3F)C2)nc1. The van der Waals surface area contributed by atoms with E-state index in [0.717, 1.165) is 6.07 Å². The molecule has 2 aromatic heterocycles. The minimum atomic E-state index is -5.04. The van der Waals surface area contributed by atoms with Crippen molar-refractivity contribution in [3.05, 3.63) is 75.5 Å². The van der Waals surface area contributed by atoms with Gasteiger partial charge in [0.15, 0.2) is 11.6 Å². The third-order valence-electron chi connectivity index (χ3n) is 8.22. The number of hydrogen-bond acceptors (Lipinski definition) is 8. The fourth-order valence-electron chi connectivity index (χ4n) is 5.62. The predicted molar refractivity (Wildman–Crippen MR) is 159 cm³/mol. The standard InChI is InChI=1S/C30H32F5N7O3/c1-16-13-42(14-17(2)40(16)3)23-9-22(31)25(18-6-5-7-41(15-18)29-37-10-19(45-4)11-38-29)26(32)27(23)39-28(44)20-12-36-24(43)8-21(20)30(33,34)35/h6,8-12,16-17H,5,7,13-15H2,1-4H3,(H,36,43)(H,39,44)/t16-,17+. The molecule has 1 aromatic carbocycles. The van der Waals surface area contributed by atoms with Crippen molar-refractivity contribution in [1.29, 1.82) is 0 Å². The summed E-state index contributed by atoms with van der Waals surface area (Å²) in [7, 11) is 3.39. The van der Waals surface area contributed by atoms with Gasteiger partial charge >= 0.3 is 6.18 Å². The lowest BCUT2D eigenvalue weighted by Gasteiger charge is -2.44. The van der Waals surface area contributed by atoms with E-state index in [2.05, 4.69) is 25.2 Å². The number of ether oxygens (including phenoxy) is 1. The molecule has 2 atom stereocenters. The number of benzene rings is 1. The third-order valence-corrected chi connectivity index (χ3v) is 8.22. The topological polar surface area (TPSA) is 107 Å². The maximum Gasteiger partial charge on any atom is 0.417 e. The lowest BCUT2D eigenvalue weighted by molar-refractivity contribution is -0.138. The summed E-state index contributed by atoms with van der Waals surface area (Å²) < 4.78 is 79.0. The van der Waals surface area contributed by atoms with Gasteiger partial charge < -0.3 is 24.8 Å². The molecule has 0 saturated carbocycles. The number of aromatic amines is 1. The molecular formula is C30H32F5N7O3. The van der Waals surface area contributed by atoms with Gasteiger partial charge in [0.1, 0.15) is 11.5 Å². The molecule has 1 fully saturated rings. The van der Waals surface area contributed by atoms with Gasteiger partial charge in [-0.1, -0.05) is 6.08 Å². The number of likely N-dealkylation sites (N-methyl/N-ethyl adjacent to an activating group) is 1. The molecule has 0 radical (unpaired) electrons. The smallest absolute Gasteiger partial charge is 0.417 e. The largest absolute Gasteiger partial charge is 0.494 e. The van der Waals surface area contributed by atoms with Gasteiger partial charge in [0.25, 0.3) is 5.91 Å². The number of amides is 1. The summed E-state index contributed by atoms with van der Waals surface area (Å²) >= 11 is 0. The van der Waals surface area contributed by atoms with Crippen molar-refractivity contribution < 1.29 is 31.5 Å². The zero-order chi connectivity index (χ0) is 32.6. The molecule has 15 heteroatoms. The van der Waals surface area contributed by atoms with Crippen LogP contribution in [0.4, 0.5) is 39.3 Å². The van der Waals surface area contributed by atoms with E-state index < -0.39 is 51.7 Å². The molecule has 4 heterocycles. The van der Waals surface area contributed by atoms with Gasteiger partial charge in [0.05, 0.1) is 41.9 Å². The molecule has 5 rings (SSSR count). The van der Waals surface area contributed by atoms with Crippen LogP contribution in [0.1, 0.15) is 41.8 Å². The molecule has 10 nitrogen and oxygen atoms in total. The van der Waals surface area contributed by atoms with Crippen molar-refractivity contribution in [2.24, 2.45) is 0 Å². The van der Waals surface area contributed by atoms with E-state index in [1.807, 2.05) is 20.9 Å². The number of carbonyl (C=O) groups is 1. The average molecular weight is 634 g/mol. The Hall–Kier alpha value is -4.53. The Labute approximate surface area is 255 Å². The van der Waals surface area contributed by atoms with Crippen LogP contribution in [0.15, 0.2) is 41.6 Å². The third kappa shape index (κ3) is 6.48. The molecule has 2 N–H and O–H groups in total. The molecule has 240 valence electrons. The number of nitrogens with one attached hydrogen (secondary N) is 2. The van der Waals surface area contributed by atoms with Crippen molar-refractivity contribution in [1.82, 2.24) is 19.9 Å². The minimum Gasteiger partial charge on any atom is -0.494 e. The highest BCUT2D eigenvalue weighted by atomic mass is 19.4. The van der Waals surface area contributed by atoms with E-state index in [-0.39, 0.29) is 36.0 Å². The van der Waals surface area contributed by atoms with E-state index in [1.54, 1.807) is 15.9 Å². The number of rotatable bonds is 6. The molecule has 0 spiro atoms. The zero-order valence-corrected chi connectivity index (χ0v) is 25.0. The van der Waals surface area contributed by atoms with Crippen molar-refractivity contribution >= 4 is 28.8 Å². The first-order chi connectivity index (χ1) is 21.3. The molecule has 1 saturated heterocycles. The Kier molecular flexibility index (Phi) is 8.83. The van der Waals surface area contributed by atoms with E-state index in [0.29, 0.717) is 43.9 Å². The molecule has 2 aliphatic heterocycles. The van der Waals surface area contributed by atoms with E-state index in [4.69, 9.17) is 4.74 Å². The van der Waals surface area contributed by atoms with Crippen LogP contribution >= 0.6 is 0 Å². The number of alkyl halides is 3. The molecule has 1 amide bonds. The van der Waals surface area contributed by atoms with Crippen molar-refractivity contribution in [3.8, 4) is 5.75 Å². The summed E-state index contributed by atoms with van der Waals surface area (Å²) in [5.41, 5.74) is -4.14. The Morgan fingerprint density at radius 1 is 1.09 bits per heavy atom. The number of piperazine rings is 1. The van der Waals surface area contributed by atoms with Crippen molar-refractivity contribution in [3.63, 3.8) is 0 Å². The number of pyridine rings is 1. The monoisotopic (exact) mass is 633 g/mol. The summed E-state index contributed by atoms with van der Waals surface area (Å²) in [6.07, 6.45) is 0.572. The summed E-state index contributed by atoms with van der Waals surface area (Å²) in [5, 5.41) is 2.29. The van der Waals surface area contributed by atoms with Crippen LogP contribution in [0.3, 0.4) is 0 Å². The van der Waals surface area contributed by atoms with Gasteiger partial charge in [-0.05, 0) is 32.9 Å². The number of carbonyl (C=O) groups excluding carboxylic acids is 1. The van der Waals surface area contributed by atoms with Crippen LogP contribution in [0.25, 0.3) is 5.57 Å². The number of anilines is 3. The van der Waals surface area contributed by atoms with Crippen LogP contribution < -0.4 is 25.4 Å². The molecular weight excluding hydrogens is 601 g/mol. The molecule has 0 aliphatic carbocycles. The van der Waals surface area contributed by atoms with Crippen LogP contribution in [0.2, 0.25) is 0 Å². The summed E-state index contributed by atoms with van der Waals surface area (Å²) in [6, 6.07) is 1.27. The first kappa shape index (κ1) is 31.9. The maximum absolute atomic E-state index is 16.6. The number of halogens is 5. The second kappa shape index (κ2) is 12.5. The number of H-pyrrole nitrogens is 1. The lowest BCUT2D eigenvalue weighted by atomic mass is 9.97. The highest BCUT2D eigenvalue weighted by Gasteiger charge is 2.37. The minimum absolute atomic E-state index is 0.0152. The van der Waals surface area contributed by atoms with Crippen LogP contribution in [-0.2, 0) is 6.18 Å². The van der Waals surface area contributed by atoms with E-state index in [1.165, 1.54) is 19.5 Å². The highest BCUT2D eigenvalue weighted by Crippen LogP contribution is 2.39. The Morgan fingerprint density at radius 2 is 1.76 bits per heavy atom. The number of nitrogens with zero attached hydrogens (tertiary/aromatic N) is 5. The number of hydrogen-bond donors (Lipinski definition) is 2. The van der Waals surface area contributed by atoms with Crippen molar-refractivity contribution in [2.75, 3.05) is 55.5 Å². The Balaban J connectivity index is 1.58. The molecule has 0 bridgehead atoms. The summed E-state index contributed by atoms with van der Waals surface area (Å²) in [4.78, 5) is 41.1. The Bertz CT molecular complexity index is 1660. The second-order valence-corrected chi connectivity index (χ2v) is 11.1. The Morgan fingerprint density at radius 3 is 2.38 bits per heavy atom. The van der Waals surface area contributed by atoms with Gasteiger partial charge in [-0.25, -0.2) is 18.7 Å². The molecule has 45 heavy (non-hydrogen) atoms. The normalized spacial score (nSPS) is 19.4. The molecule has 0 unspecified atom stereocenters. The molecule has 3 aromatic rings. The summed E-state index contributed by atoms with van der Waals surface area (Å²) in [5.74, 6) is -2.62. The summed E-state index contributed by atoms with van der Waals surface area (Å²) in [6.45, 7) is 5.01. The molecule has 2 aliphatic rings. The van der Waals surface area contributed by atoms with Gasteiger partial charge in [-0.3, -0.25) is 14.5 Å². The average Bonchev–Trinajstić information content (AvgIpc) is 3.00. The number of aromatic nitrogens is 3. The van der Waals surface area contributed by atoms with Gasteiger partial charge in [-0.15, -0.1) is 0 Å². The fraction of sp³-hybridized carbons (Fsp3) is 0.400. The number of methoxy groups -OCH3 is 1. The van der Waals surface area contributed by atoms with Crippen molar-refractivity contribution in [2.45, 2.75) is 38.5 Å². The van der Waals surface area contributed by atoms with Gasteiger partial charge in [0, 0.05) is 56.6 Å². The van der Waals surface area contributed by atoms with Crippen LogP contribution in [-0.4, -0.2) is 78.2 Å². The quantitative estimate of drug-likeness (QED) is 0.381. The van der Waals surface area contributed by atoms with Crippen LogP contribution in [0.5, 0.6) is 5.75 Å².